The molecule has 1 N–H and O–H groups in total. The SMILES string of the molecule is Cc1ccccc1[C@H](O)[C@@H](Cl)C(F)(F)F. The molecular weight excluding hydrogens is 229 g/mol. The second kappa shape index (κ2) is 4.41. The minimum atomic E-state index is -4.61. The first kappa shape index (κ1) is 12.3. The molecule has 0 fully saturated rings. The van der Waals surface area contributed by atoms with Crippen LogP contribution in [0.3, 0.4) is 0 Å². The first-order valence-electron chi connectivity index (χ1n) is 4.28. The summed E-state index contributed by atoms with van der Waals surface area (Å²) < 4.78 is 36.7. The third-order valence-corrected chi connectivity index (χ3v) is 2.58. The van der Waals surface area contributed by atoms with Crippen LogP contribution in [0.15, 0.2) is 24.3 Å². The quantitative estimate of drug-likeness (QED) is 0.785. The van der Waals surface area contributed by atoms with E-state index >= 15 is 0 Å². The van der Waals surface area contributed by atoms with Gasteiger partial charge in [0, 0.05) is 0 Å². The number of aryl methyl sites for hydroxylation is 1. The van der Waals surface area contributed by atoms with Gasteiger partial charge in [0.15, 0.2) is 5.38 Å². The standard InChI is InChI=1S/C10H10ClF3O/c1-6-4-2-3-5-7(6)8(15)9(11)10(12,13)14/h2-5,8-9,15H,1H3/t8-,9+/m0/s1. The van der Waals surface area contributed by atoms with E-state index in [0.29, 0.717) is 5.56 Å². The molecule has 5 heteroatoms. The lowest BCUT2D eigenvalue weighted by Gasteiger charge is -2.21. The largest absolute Gasteiger partial charge is 0.407 e. The van der Waals surface area contributed by atoms with E-state index in [4.69, 9.17) is 11.6 Å². The summed E-state index contributed by atoms with van der Waals surface area (Å²) in [5.74, 6) is 0. The maximum atomic E-state index is 12.2. The van der Waals surface area contributed by atoms with Gasteiger partial charge in [-0.25, -0.2) is 0 Å². The predicted octanol–water partition coefficient (Wildman–Crippen LogP) is 3.20. The molecule has 1 nitrogen and oxygen atoms in total. The second-order valence-electron chi connectivity index (χ2n) is 3.24. The third-order valence-electron chi connectivity index (χ3n) is 2.10. The van der Waals surface area contributed by atoms with Crippen LogP contribution >= 0.6 is 11.6 Å². The first-order chi connectivity index (χ1) is 6.84. The highest BCUT2D eigenvalue weighted by atomic mass is 35.5. The molecule has 0 saturated heterocycles. The molecule has 1 aromatic rings. The molecule has 1 rings (SSSR count). The van der Waals surface area contributed by atoms with E-state index < -0.39 is 17.7 Å². The zero-order chi connectivity index (χ0) is 11.6. The Labute approximate surface area is 90.5 Å². The molecule has 0 amide bonds. The van der Waals surface area contributed by atoms with Gasteiger partial charge in [0.2, 0.25) is 0 Å². The Morgan fingerprint density at radius 3 is 2.27 bits per heavy atom. The molecule has 0 aromatic heterocycles. The molecule has 0 aliphatic carbocycles. The number of hydrogen-bond acceptors (Lipinski definition) is 1. The molecule has 0 aliphatic rings. The maximum Gasteiger partial charge on any atom is 0.407 e. The number of benzene rings is 1. The number of halogens is 4. The lowest BCUT2D eigenvalue weighted by atomic mass is 10.0. The molecule has 0 aliphatic heterocycles. The molecule has 0 bridgehead atoms. The Balaban J connectivity index is 2.95. The van der Waals surface area contributed by atoms with Crippen LogP contribution in [0.4, 0.5) is 13.2 Å². The molecule has 0 radical (unpaired) electrons. The smallest absolute Gasteiger partial charge is 0.386 e. The maximum absolute atomic E-state index is 12.2. The summed E-state index contributed by atoms with van der Waals surface area (Å²) >= 11 is 5.14. The van der Waals surface area contributed by atoms with E-state index in [9.17, 15) is 18.3 Å². The average Bonchev–Trinajstić information content (AvgIpc) is 2.15. The van der Waals surface area contributed by atoms with E-state index in [2.05, 4.69) is 0 Å². The van der Waals surface area contributed by atoms with E-state index in [0.717, 1.165) is 0 Å². The van der Waals surface area contributed by atoms with Gasteiger partial charge >= 0.3 is 6.18 Å². The van der Waals surface area contributed by atoms with Crippen molar-refractivity contribution >= 4 is 11.6 Å². The highest BCUT2D eigenvalue weighted by Crippen LogP contribution is 2.35. The van der Waals surface area contributed by atoms with Crippen LogP contribution in [-0.4, -0.2) is 16.7 Å². The first-order valence-corrected chi connectivity index (χ1v) is 4.72. The summed E-state index contributed by atoms with van der Waals surface area (Å²) in [6, 6.07) is 6.30. The lowest BCUT2D eigenvalue weighted by molar-refractivity contribution is -0.149. The van der Waals surface area contributed by atoms with E-state index in [1.165, 1.54) is 6.07 Å². The van der Waals surface area contributed by atoms with Gasteiger partial charge in [-0.2, -0.15) is 13.2 Å². The Bertz CT molecular complexity index is 338. The summed E-state index contributed by atoms with van der Waals surface area (Å²) in [5, 5.41) is 7.17. The van der Waals surface area contributed by atoms with Gasteiger partial charge in [-0.15, -0.1) is 11.6 Å². The van der Waals surface area contributed by atoms with Crippen molar-refractivity contribution in [3.63, 3.8) is 0 Å². The number of aliphatic hydroxyl groups is 1. The zero-order valence-electron chi connectivity index (χ0n) is 7.92. The van der Waals surface area contributed by atoms with Gasteiger partial charge in [0.1, 0.15) is 6.10 Å². The minimum absolute atomic E-state index is 0.204. The van der Waals surface area contributed by atoms with Crippen LogP contribution in [0.5, 0.6) is 0 Å². The normalized spacial score (nSPS) is 16.1. The van der Waals surface area contributed by atoms with Gasteiger partial charge in [-0.1, -0.05) is 24.3 Å². The summed E-state index contributed by atoms with van der Waals surface area (Å²) in [4.78, 5) is 0. The molecule has 2 atom stereocenters. The fraction of sp³-hybridized carbons (Fsp3) is 0.400. The van der Waals surface area contributed by atoms with Crippen LogP contribution in [0, 0.1) is 6.92 Å². The van der Waals surface area contributed by atoms with Crippen LogP contribution in [0.1, 0.15) is 17.2 Å². The lowest BCUT2D eigenvalue weighted by Crippen LogP contribution is -2.30. The van der Waals surface area contributed by atoms with Crippen LogP contribution in [0.25, 0.3) is 0 Å². The van der Waals surface area contributed by atoms with E-state index in [1.807, 2.05) is 0 Å². The number of rotatable bonds is 2. The molecule has 84 valence electrons. The number of aliphatic hydroxyl groups excluding tert-OH is 1. The Morgan fingerprint density at radius 1 is 1.27 bits per heavy atom. The average molecular weight is 239 g/mol. The van der Waals surface area contributed by atoms with Crippen LogP contribution in [-0.2, 0) is 0 Å². The highest BCUT2D eigenvalue weighted by Gasteiger charge is 2.43. The molecule has 1 aromatic carbocycles. The minimum Gasteiger partial charge on any atom is -0.386 e. The van der Waals surface area contributed by atoms with Crippen molar-refractivity contribution in [1.29, 1.82) is 0 Å². The summed E-state index contributed by atoms with van der Waals surface area (Å²) in [7, 11) is 0. The van der Waals surface area contributed by atoms with Crippen molar-refractivity contribution in [2.75, 3.05) is 0 Å². The van der Waals surface area contributed by atoms with Crippen LogP contribution < -0.4 is 0 Å². The molecule has 0 heterocycles. The van der Waals surface area contributed by atoms with Crippen molar-refractivity contribution < 1.29 is 18.3 Å². The molecule has 0 spiro atoms. The molecule has 15 heavy (non-hydrogen) atoms. The van der Waals surface area contributed by atoms with Gasteiger partial charge < -0.3 is 5.11 Å². The second-order valence-corrected chi connectivity index (χ2v) is 3.71. The Hall–Kier alpha value is -0.740. The highest BCUT2D eigenvalue weighted by molar-refractivity contribution is 6.21. The van der Waals surface area contributed by atoms with Crippen molar-refractivity contribution in [3.05, 3.63) is 35.4 Å². The Kier molecular flexibility index (Phi) is 3.62. The van der Waals surface area contributed by atoms with Crippen molar-refractivity contribution in [2.24, 2.45) is 0 Å². The number of alkyl halides is 4. The van der Waals surface area contributed by atoms with Crippen LogP contribution in [0.2, 0.25) is 0 Å². The predicted molar refractivity (Wildman–Crippen MR) is 51.8 cm³/mol. The summed E-state index contributed by atoms with van der Waals surface area (Å²) in [6.07, 6.45) is -6.34. The van der Waals surface area contributed by atoms with E-state index in [-0.39, 0.29) is 5.56 Å². The number of hydrogen-bond donors (Lipinski definition) is 1. The zero-order valence-corrected chi connectivity index (χ0v) is 8.68. The monoisotopic (exact) mass is 238 g/mol. The van der Waals surface area contributed by atoms with Gasteiger partial charge in [-0.05, 0) is 18.1 Å². The van der Waals surface area contributed by atoms with E-state index in [1.54, 1.807) is 25.1 Å². The van der Waals surface area contributed by atoms with Gasteiger partial charge in [-0.3, -0.25) is 0 Å². The molecular formula is C10H10ClF3O. The van der Waals surface area contributed by atoms with Gasteiger partial charge in [0.25, 0.3) is 0 Å². The summed E-state index contributed by atoms with van der Waals surface area (Å²) in [6.45, 7) is 1.62. The fourth-order valence-corrected chi connectivity index (χ4v) is 1.39. The third kappa shape index (κ3) is 2.86. The van der Waals surface area contributed by atoms with Gasteiger partial charge in [0.05, 0.1) is 0 Å². The van der Waals surface area contributed by atoms with Crippen molar-refractivity contribution in [3.8, 4) is 0 Å². The van der Waals surface area contributed by atoms with Crippen molar-refractivity contribution in [2.45, 2.75) is 24.6 Å². The fourth-order valence-electron chi connectivity index (χ4n) is 1.26. The topological polar surface area (TPSA) is 20.2 Å². The molecule has 0 saturated carbocycles. The Morgan fingerprint density at radius 2 is 1.80 bits per heavy atom. The summed E-state index contributed by atoms with van der Waals surface area (Å²) in [5.41, 5.74) is 0.787. The molecule has 0 unspecified atom stereocenters. The van der Waals surface area contributed by atoms with Crippen molar-refractivity contribution in [1.82, 2.24) is 0 Å².